The Kier molecular flexibility index (Phi) is 3.06. The fourth-order valence-corrected chi connectivity index (χ4v) is 3.47. The largest absolute Gasteiger partial charge is 0.493 e. The van der Waals surface area contributed by atoms with E-state index >= 15 is 0 Å². The molecular weight excluding hydrogens is 268 g/mol. The van der Waals surface area contributed by atoms with E-state index in [0.29, 0.717) is 5.02 Å². The molecule has 1 aromatic carbocycles. The molecule has 0 spiro atoms. The lowest BCUT2D eigenvalue weighted by molar-refractivity contribution is 0.224. The van der Waals surface area contributed by atoms with E-state index in [1.165, 1.54) is 11.3 Å². The van der Waals surface area contributed by atoms with Crippen molar-refractivity contribution in [3.63, 3.8) is 0 Å². The lowest BCUT2D eigenvalue weighted by Crippen LogP contribution is -1.98. The molecule has 18 heavy (non-hydrogen) atoms. The van der Waals surface area contributed by atoms with Gasteiger partial charge in [-0.15, -0.1) is 11.3 Å². The molecule has 2 heterocycles. The van der Waals surface area contributed by atoms with E-state index in [-0.39, 0.29) is 0 Å². The highest BCUT2D eigenvalue weighted by atomic mass is 35.5. The van der Waals surface area contributed by atoms with Crippen LogP contribution in [0.15, 0.2) is 23.6 Å². The van der Waals surface area contributed by atoms with Gasteiger partial charge in [0.1, 0.15) is 11.9 Å². The first kappa shape index (κ1) is 12.0. The van der Waals surface area contributed by atoms with Crippen LogP contribution in [0.2, 0.25) is 5.02 Å². The molecule has 0 saturated heterocycles. The van der Waals surface area contributed by atoms with E-state index in [1.807, 2.05) is 30.5 Å². The van der Waals surface area contributed by atoms with Crippen molar-refractivity contribution in [1.29, 1.82) is 0 Å². The van der Waals surface area contributed by atoms with Crippen molar-refractivity contribution in [3.8, 4) is 5.75 Å². The number of benzene rings is 1. The quantitative estimate of drug-likeness (QED) is 0.908. The molecule has 2 aromatic rings. The fraction of sp³-hybridized carbons (Fsp3) is 0.286. The standard InChI is InChI=1S/C14H13ClO2S/c1-8-7-18-14(12(8)15)13(16)10-2-3-11-9(6-10)4-5-17-11/h2-3,6-7,13,16H,4-5H2,1H3. The van der Waals surface area contributed by atoms with Gasteiger partial charge in [-0.05, 0) is 41.1 Å². The van der Waals surface area contributed by atoms with Gasteiger partial charge in [-0.3, -0.25) is 0 Å². The third-order valence-corrected chi connectivity index (χ3v) is 4.97. The van der Waals surface area contributed by atoms with E-state index in [9.17, 15) is 5.11 Å². The molecule has 1 atom stereocenters. The van der Waals surface area contributed by atoms with Gasteiger partial charge in [-0.25, -0.2) is 0 Å². The Morgan fingerprint density at radius 1 is 1.44 bits per heavy atom. The van der Waals surface area contributed by atoms with Gasteiger partial charge in [0.15, 0.2) is 0 Å². The second-order valence-corrected chi connectivity index (χ2v) is 5.75. The lowest BCUT2D eigenvalue weighted by Gasteiger charge is -2.11. The van der Waals surface area contributed by atoms with Crippen LogP contribution in [0.4, 0.5) is 0 Å². The van der Waals surface area contributed by atoms with Crippen LogP contribution in [0.1, 0.15) is 27.7 Å². The monoisotopic (exact) mass is 280 g/mol. The van der Waals surface area contributed by atoms with Crippen LogP contribution in [0, 0.1) is 6.92 Å². The van der Waals surface area contributed by atoms with E-state index in [2.05, 4.69) is 0 Å². The molecule has 1 unspecified atom stereocenters. The van der Waals surface area contributed by atoms with Crippen LogP contribution in [0.25, 0.3) is 0 Å². The van der Waals surface area contributed by atoms with E-state index in [1.54, 1.807) is 0 Å². The summed E-state index contributed by atoms with van der Waals surface area (Å²) in [5.41, 5.74) is 3.05. The lowest BCUT2D eigenvalue weighted by atomic mass is 10.0. The van der Waals surface area contributed by atoms with Gasteiger partial charge in [-0.1, -0.05) is 17.7 Å². The highest BCUT2D eigenvalue weighted by Crippen LogP contribution is 2.37. The molecule has 2 nitrogen and oxygen atoms in total. The SMILES string of the molecule is Cc1csc(C(O)c2ccc3c(c2)CCO3)c1Cl. The molecule has 0 bridgehead atoms. The Morgan fingerprint density at radius 3 is 3.00 bits per heavy atom. The molecule has 0 aliphatic carbocycles. The highest BCUT2D eigenvalue weighted by Gasteiger charge is 2.20. The maximum atomic E-state index is 10.4. The van der Waals surface area contributed by atoms with Gasteiger partial charge in [-0.2, -0.15) is 0 Å². The second-order valence-electron chi connectivity index (χ2n) is 4.47. The van der Waals surface area contributed by atoms with Crippen molar-refractivity contribution in [2.24, 2.45) is 0 Å². The van der Waals surface area contributed by atoms with Crippen LogP contribution < -0.4 is 4.74 Å². The summed E-state index contributed by atoms with van der Waals surface area (Å²) in [4.78, 5) is 0.813. The zero-order chi connectivity index (χ0) is 12.7. The van der Waals surface area contributed by atoms with Crippen molar-refractivity contribution in [2.75, 3.05) is 6.61 Å². The summed E-state index contributed by atoms with van der Waals surface area (Å²) in [5, 5.41) is 13.0. The molecule has 0 radical (unpaired) electrons. The van der Waals surface area contributed by atoms with E-state index in [4.69, 9.17) is 16.3 Å². The maximum absolute atomic E-state index is 10.4. The molecule has 1 N–H and O–H groups in total. The second kappa shape index (κ2) is 4.57. The van der Waals surface area contributed by atoms with Crippen LogP contribution in [-0.4, -0.2) is 11.7 Å². The maximum Gasteiger partial charge on any atom is 0.122 e. The first-order valence-corrected chi connectivity index (χ1v) is 7.10. The highest BCUT2D eigenvalue weighted by molar-refractivity contribution is 7.10. The Labute approximate surface area is 115 Å². The fourth-order valence-electron chi connectivity index (χ4n) is 2.16. The minimum atomic E-state index is -0.651. The third-order valence-electron chi connectivity index (χ3n) is 3.20. The normalized spacial score (nSPS) is 15.3. The topological polar surface area (TPSA) is 29.5 Å². The molecule has 1 aliphatic heterocycles. The predicted octanol–water partition coefficient (Wildman–Crippen LogP) is 3.73. The van der Waals surface area contributed by atoms with Crippen molar-refractivity contribution in [2.45, 2.75) is 19.4 Å². The number of hydrogen-bond donors (Lipinski definition) is 1. The summed E-state index contributed by atoms with van der Waals surface area (Å²) in [6.45, 7) is 2.68. The number of thiophene rings is 1. The molecule has 0 amide bonds. The zero-order valence-electron chi connectivity index (χ0n) is 9.94. The average molecular weight is 281 g/mol. The van der Waals surface area contributed by atoms with Gasteiger partial charge < -0.3 is 9.84 Å². The Bertz CT molecular complexity index is 591. The average Bonchev–Trinajstić information content (AvgIpc) is 2.96. The van der Waals surface area contributed by atoms with Gasteiger partial charge in [0.2, 0.25) is 0 Å². The Balaban J connectivity index is 1.97. The number of fused-ring (bicyclic) bond motifs is 1. The number of aryl methyl sites for hydroxylation is 1. The summed E-state index contributed by atoms with van der Waals surface area (Å²) < 4.78 is 5.46. The number of rotatable bonds is 2. The van der Waals surface area contributed by atoms with Crippen LogP contribution >= 0.6 is 22.9 Å². The third kappa shape index (κ3) is 1.92. The molecule has 0 saturated carbocycles. The van der Waals surface area contributed by atoms with Crippen LogP contribution in [-0.2, 0) is 6.42 Å². The minimum Gasteiger partial charge on any atom is -0.493 e. The van der Waals surface area contributed by atoms with E-state index < -0.39 is 6.10 Å². The summed E-state index contributed by atoms with van der Waals surface area (Å²) >= 11 is 7.70. The number of aliphatic hydroxyl groups excluding tert-OH is 1. The minimum absolute atomic E-state index is 0.651. The number of hydrogen-bond acceptors (Lipinski definition) is 3. The molecule has 0 fully saturated rings. The van der Waals surface area contributed by atoms with Gasteiger partial charge >= 0.3 is 0 Å². The molecule has 1 aromatic heterocycles. The van der Waals surface area contributed by atoms with Crippen LogP contribution in [0.3, 0.4) is 0 Å². The van der Waals surface area contributed by atoms with E-state index in [0.717, 1.165) is 40.3 Å². The molecule has 94 valence electrons. The van der Waals surface area contributed by atoms with Crippen molar-refractivity contribution >= 4 is 22.9 Å². The van der Waals surface area contributed by atoms with Crippen molar-refractivity contribution in [1.82, 2.24) is 0 Å². The molecular formula is C14H13ClO2S. The number of aliphatic hydroxyl groups is 1. The summed E-state index contributed by atoms with van der Waals surface area (Å²) in [7, 11) is 0. The Hall–Kier alpha value is -1.03. The molecule has 3 rings (SSSR count). The van der Waals surface area contributed by atoms with Crippen molar-refractivity contribution < 1.29 is 9.84 Å². The van der Waals surface area contributed by atoms with Gasteiger partial charge in [0.25, 0.3) is 0 Å². The summed E-state index contributed by atoms with van der Waals surface area (Å²) in [5.74, 6) is 0.930. The first-order chi connectivity index (χ1) is 8.66. The first-order valence-electron chi connectivity index (χ1n) is 5.84. The number of ether oxygens (including phenoxy) is 1. The Morgan fingerprint density at radius 2 is 2.28 bits per heavy atom. The smallest absolute Gasteiger partial charge is 0.122 e. The van der Waals surface area contributed by atoms with Gasteiger partial charge in [0.05, 0.1) is 16.5 Å². The van der Waals surface area contributed by atoms with Gasteiger partial charge in [0, 0.05) is 6.42 Å². The zero-order valence-corrected chi connectivity index (χ0v) is 11.5. The van der Waals surface area contributed by atoms with Crippen LogP contribution in [0.5, 0.6) is 5.75 Å². The predicted molar refractivity (Wildman–Crippen MR) is 73.8 cm³/mol. The summed E-state index contributed by atoms with van der Waals surface area (Å²) in [6, 6.07) is 5.84. The summed E-state index contributed by atoms with van der Waals surface area (Å²) in [6.07, 6.45) is 0.259. The van der Waals surface area contributed by atoms with Crippen molar-refractivity contribution in [3.05, 3.63) is 50.2 Å². The number of halogens is 1. The molecule has 4 heteroatoms. The molecule has 1 aliphatic rings.